The summed E-state index contributed by atoms with van der Waals surface area (Å²) in [7, 11) is 0. The molecule has 0 heterocycles. The number of hydrogen-bond acceptors (Lipinski definition) is 6. The number of benzene rings is 3. The Morgan fingerprint density at radius 3 is 1.58 bits per heavy atom. The molecular formula is C20H11F3N4O4. The van der Waals surface area contributed by atoms with Crippen molar-refractivity contribution in [1.29, 1.82) is 0 Å². The van der Waals surface area contributed by atoms with Gasteiger partial charge in [-0.3, -0.25) is 25.7 Å². The first-order valence-electron chi connectivity index (χ1n) is 8.75. The molecule has 0 saturated heterocycles. The molecular weight excluding hydrogens is 417 g/mol. The van der Waals surface area contributed by atoms with Crippen molar-refractivity contribution in [2.45, 2.75) is 6.18 Å². The molecule has 3 aromatic carbocycles. The summed E-state index contributed by atoms with van der Waals surface area (Å²) in [6.07, 6.45) is -5.00. The van der Waals surface area contributed by atoms with Crippen LogP contribution >= 0.6 is 0 Å². The smallest absolute Gasteiger partial charge is 0.265 e. The average Bonchev–Trinajstić information content (AvgIpc) is 3.04. The van der Waals surface area contributed by atoms with E-state index in [0.717, 1.165) is 11.1 Å². The lowest BCUT2D eigenvalue weighted by atomic mass is 10.1. The molecule has 156 valence electrons. The summed E-state index contributed by atoms with van der Waals surface area (Å²) in [5.74, 6) is 0. The van der Waals surface area contributed by atoms with Gasteiger partial charge in [0.15, 0.2) is 0 Å². The van der Waals surface area contributed by atoms with Crippen LogP contribution in [0.3, 0.4) is 0 Å². The lowest BCUT2D eigenvalue weighted by Gasteiger charge is -2.10. The topological polar surface area (TPSA) is 111 Å². The fraction of sp³-hybridized carbons (Fsp3) is 0.0500. The molecule has 0 unspecified atom stereocenters. The van der Waals surface area contributed by atoms with Crippen LogP contribution in [0, 0.1) is 20.2 Å². The van der Waals surface area contributed by atoms with E-state index in [1.54, 1.807) is 24.3 Å². The van der Waals surface area contributed by atoms with Crippen molar-refractivity contribution < 1.29 is 23.0 Å². The van der Waals surface area contributed by atoms with Crippen molar-refractivity contribution in [1.82, 2.24) is 0 Å². The van der Waals surface area contributed by atoms with Crippen LogP contribution in [0.5, 0.6) is 0 Å². The van der Waals surface area contributed by atoms with Crippen molar-refractivity contribution >= 4 is 22.8 Å². The monoisotopic (exact) mass is 428 g/mol. The van der Waals surface area contributed by atoms with Gasteiger partial charge in [-0.2, -0.15) is 18.3 Å². The van der Waals surface area contributed by atoms with E-state index >= 15 is 0 Å². The molecule has 31 heavy (non-hydrogen) atoms. The van der Waals surface area contributed by atoms with Gasteiger partial charge in [-0.25, -0.2) is 0 Å². The minimum Gasteiger partial charge on any atom is -0.265 e. The van der Waals surface area contributed by atoms with Crippen molar-refractivity contribution in [2.24, 2.45) is 5.10 Å². The highest BCUT2D eigenvalue weighted by molar-refractivity contribution is 6.24. The average molecular weight is 428 g/mol. The second-order valence-corrected chi connectivity index (χ2v) is 6.56. The van der Waals surface area contributed by atoms with Gasteiger partial charge in [-0.05, 0) is 11.1 Å². The second-order valence-electron chi connectivity index (χ2n) is 6.56. The molecule has 4 rings (SSSR count). The van der Waals surface area contributed by atoms with Crippen molar-refractivity contribution in [3.8, 4) is 11.1 Å². The first-order valence-corrected chi connectivity index (χ1v) is 8.75. The number of nitrogens with one attached hydrogen (secondary N) is 1. The van der Waals surface area contributed by atoms with E-state index in [0.29, 0.717) is 16.8 Å². The van der Waals surface area contributed by atoms with Gasteiger partial charge < -0.3 is 0 Å². The number of nitrogens with zero attached hydrogens (tertiary/aromatic N) is 3. The van der Waals surface area contributed by atoms with Gasteiger partial charge in [0.05, 0.1) is 21.1 Å². The predicted octanol–water partition coefficient (Wildman–Crippen LogP) is 5.37. The van der Waals surface area contributed by atoms with E-state index in [2.05, 4.69) is 10.5 Å². The van der Waals surface area contributed by atoms with Crippen molar-refractivity contribution in [3.63, 3.8) is 0 Å². The van der Waals surface area contributed by atoms with Crippen LogP contribution in [0.4, 0.5) is 30.2 Å². The number of fused-ring (bicyclic) bond motifs is 3. The number of anilines is 1. The zero-order valence-electron chi connectivity index (χ0n) is 15.4. The van der Waals surface area contributed by atoms with E-state index in [-0.39, 0.29) is 12.1 Å². The normalized spacial score (nSPS) is 12.2. The van der Waals surface area contributed by atoms with Crippen molar-refractivity contribution in [2.75, 3.05) is 5.43 Å². The van der Waals surface area contributed by atoms with Crippen molar-refractivity contribution in [3.05, 3.63) is 97.6 Å². The molecule has 1 aliphatic carbocycles. The van der Waals surface area contributed by atoms with Crippen LogP contribution in [0.25, 0.3) is 11.1 Å². The summed E-state index contributed by atoms with van der Waals surface area (Å²) in [6, 6.07) is 14.8. The number of hydrazone groups is 1. The van der Waals surface area contributed by atoms with Gasteiger partial charge in [-0.1, -0.05) is 48.5 Å². The summed E-state index contributed by atoms with van der Waals surface area (Å²) >= 11 is 0. The molecule has 0 amide bonds. The third-order valence-electron chi connectivity index (χ3n) is 4.75. The lowest BCUT2D eigenvalue weighted by Crippen LogP contribution is -2.10. The van der Waals surface area contributed by atoms with Gasteiger partial charge >= 0.3 is 17.6 Å². The Balaban J connectivity index is 1.88. The molecule has 0 aromatic heterocycles. The summed E-state index contributed by atoms with van der Waals surface area (Å²) in [6.45, 7) is 0. The maximum atomic E-state index is 13.1. The molecule has 0 saturated carbocycles. The number of nitro benzene ring substituents is 2. The summed E-state index contributed by atoms with van der Waals surface area (Å²) < 4.78 is 39.2. The van der Waals surface area contributed by atoms with E-state index in [4.69, 9.17) is 0 Å². The van der Waals surface area contributed by atoms with E-state index in [9.17, 15) is 33.4 Å². The van der Waals surface area contributed by atoms with Gasteiger partial charge in [0.25, 0.3) is 0 Å². The van der Waals surface area contributed by atoms with Gasteiger partial charge in [0.2, 0.25) is 5.69 Å². The minimum absolute atomic E-state index is 0.242. The number of halogens is 3. The zero-order valence-corrected chi connectivity index (χ0v) is 15.4. The Morgan fingerprint density at radius 1 is 0.774 bits per heavy atom. The molecule has 1 aliphatic rings. The number of rotatable bonds is 4. The summed E-state index contributed by atoms with van der Waals surface area (Å²) in [5.41, 5.74) is 1.22. The Kier molecular flexibility index (Phi) is 4.65. The largest absolute Gasteiger partial charge is 0.416 e. The highest BCUT2D eigenvalue weighted by Crippen LogP contribution is 2.42. The van der Waals surface area contributed by atoms with E-state index in [1.165, 1.54) is 0 Å². The summed E-state index contributed by atoms with van der Waals surface area (Å²) in [4.78, 5) is 20.5. The third-order valence-corrected chi connectivity index (χ3v) is 4.75. The highest BCUT2D eigenvalue weighted by atomic mass is 19.4. The molecule has 0 atom stereocenters. The minimum atomic E-state index is -5.00. The first kappa shape index (κ1) is 20.0. The third kappa shape index (κ3) is 3.45. The second kappa shape index (κ2) is 7.20. The lowest BCUT2D eigenvalue weighted by molar-refractivity contribution is -0.392. The van der Waals surface area contributed by atoms with Crippen LogP contribution in [0.1, 0.15) is 16.7 Å². The summed E-state index contributed by atoms with van der Waals surface area (Å²) in [5, 5.41) is 26.9. The first-order chi connectivity index (χ1) is 14.7. The Labute approximate surface area is 171 Å². The van der Waals surface area contributed by atoms with Gasteiger partial charge in [0, 0.05) is 23.3 Å². The van der Waals surface area contributed by atoms with E-state index < -0.39 is 38.6 Å². The van der Waals surface area contributed by atoms with Crippen LogP contribution in [0.15, 0.2) is 65.8 Å². The standard InChI is InChI=1S/C20H11F3N4O4/c21-20(22,23)11-9-16(26(28)29)19(17(10-11)27(30)31)25-24-18-14-7-3-1-5-12(14)13-6-2-4-8-15(13)18/h1-10,25H. The van der Waals surface area contributed by atoms with Crippen LogP contribution in [0.2, 0.25) is 0 Å². The molecule has 0 radical (unpaired) electrons. The number of alkyl halides is 3. The number of hydrogen-bond donors (Lipinski definition) is 1. The molecule has 1 N–H and O–H groups in total. The Bertz CT molecular complexity index is 1190. The zero-order chi connectivity index (χ0) is 22.3. The van der Waals surface area contributed by atoms with Gasteiger partial charge in [0.1, 0.15) is 0 Å². The fourth-order valence-electron chi connectivity index (χ4n) is 3.40. The highest BCUT2D eigenvalue weighted by Gasteiger charge is 2.38. The molecule has 0 aliphatic heterocycles. The Morgan fingerprint density at radius 2 is 1.19 bits per heavy atom. The fourth-order valence-corrected chi connectivity index (χ4v) is 3.40. The Hall–Kier alpha value is -4.28. The predicted molar refractivity (Wildman–Crippen MR) is 106 cm³/mol. The SMILES string of the molecule is O=[N+]([O-])c1cc(C(F)(F)F)cc([N+](=O)[O-])c1NN=C1c2ccccc2-c2ccccc21. The van der Waals surface area contributed by atoms with Crippen LogP contribution in [-0.2, 0) is 6.18 Å². The van der Waals surface area contributed by atoms with E-state index in [1.807, 2.05) is 24.3 Å². The van der Waals surface area contributed by atoms with Crippen LogP contribution < -0.4 is 5.43 Å². The molecule has 0 bridgehead atoms. The molecule has 3 aromatic rings. The van der Waals surface area contributed by atoms with Gasteiger partial charge in [-0.15, -0.1) is 0 Å². The molecule has 0 fully saturated rings. The quantitative estimate of drug-likeness (QED) is 0.347. The molecule has 8 nitrogen and oxygen atoms in total. The van der Waals surface area contributed by atoms with Crippen LogP contribution in [-0.4, -0.2) is 15.6 Å². The number of nitro groups is 2. The maximum absolute atomic E-state index is 13.1. The molecule has 11 heteroatoms. The maximum Gasteiger partial charge on any atom is 0.416 e. The molecule has 0 spiro atoms.